The maximum Gasteiger partial charge on any atom is 0.306 e. The van der Waals surface area contributed by atoms with Gasteiger partial charge in [0.15, 0.2) is 10.5 Å². The zero-order valence-electron chi connectivity index (χ0n) is 13.7. The zero-order chi connectivity index (χ0) is 17.8. The summed E-state index contributed by atoms with van der Waals surface area (Å²) in [5.74, 6) is -0.271. The number of fused-ring (bicyclic) bond motifs is 1. The fourth-order valence-corrected chi connectivity index (χ4v) is 3.84. The van der Waals surface area contributed by atoms with Crippen LogP contribution in [0.1, 0.15) is 19.0 Å². The average Bonchev–Trinajstić information content (AvgIpc) is 2.97. The first-order chi connectivity index (χ1) is 12.1. The minimum absolute atomic E-state index is 0.0343. The van der Waals surface area contributed by atoms with E-state index in [0.29, 0.717) is 34.7 Å². The second-order valence-corrected chi connectivity index (χ2v) is 6.74. The molecular weight excluding hydrogens is 340 g/mol. The van der Waals surface area contributed by atoms with Crippen LogP contribution in [0.2, 0.25) is 0 Å². The third-order valence-electron chi connectivity index (χ3n) is 3.66. The molecular formula is C18H18N2O4S. The number of aryl methyl sites for hydroxylation is 1. The molecule has 0 aliphatic heterocycles. The SMILES string of the molecule is CCOC(=O)CCc1cc2cc(O)cnc2n1[S+]([O-])c1ccccc1. The predicted molar refractivity (Wildman–Crippen MR) is 94.6 cm³/mol. The molecule has 1 unspecified atom stereocenters. The Labute approximate surface area is 148 Å². The van der Waals surface area contributed by atoms with Gasteiger partial charge in [-0.2, -0.15) is 0 Å². The van der Waals surface area contributed by atoms with Gasteiger partial charge in [0.05, 0.1) is 24.9 Å². The standard InChI is InChI=1S/C18H18N2O4S/c1-2-24-17(22)9-8-14-10-13-11-15(21)12-19-18(13)20(14)25(23)16-6-4-3-5-7-16/h3-7,10-12,21H,2,8-9H2,1H3. The summed E-state index contributed by atoms with van der Waals surface area (Å²) < 4.78 is 19.6. The molecule has 25 heavy (non-hydrogen) atoms. The Morgan fingerprint density at radius 3 is 2.80 bits per heavy atom. The van der Waals surface area contributed by atoms with Crippen LogP contribution in [0.5, 0.6) is 5.75 Å². The van der Waals surface area contributed by atoms with Gasteiger partial charge >= 0.3 is 5.97 Å². The monoisotopic (exact) mass is 358 g/mol. The number of rotatable bonds is 6. The van der Waals surface area contributed by atoms with Gasteiger partial charge in [-0.05, 0) is 31.2 Å². The van der Waals surface area contributed by atoms with Crippen molar-refractivity contribution in [3.8, 4) is 5.75 Å². The van der Waals surface area contributed by atoms with E-state index in [2.05, 4.69) is 4.98 Å². The van der Waals surface area contributed by atoms with E-state index in [1.165, 1.54) is 6.20 Å². The number of nitrogens with zero attached hydrogens (tertiary/aromatic N) is 2. The van der Waals surface area contributed by atoms with Crippen LogP contribution in [0.15, 0.2) is 53.6 Å². The molecule has 0 fully saturated rings. The van der Waals surface area contributed by atoms with Gasteiger partial charge in [-0.25, -0.2) is 4.98 Å². The zero-order valence-corrected chi connectivity index (χ0v) is 14.5. The lowest BCUT2D eigenvalue weighted by atomic mass is 10.2. The highest BCUT2D eigenvalue weighted by Gasteiger charge is 2.23. The van der Waals surface area contributed by atoms with E-state index in [1.54, 1.807) is 35.2 Å². The van der Waals surface area contributed by atoms with E-state index in [1.807, 2.05) is 18.2 Å². The van der Waals surface area contributed by atoms with E-state index in [-0.39, 0.29) is 18.1 Å². The Morgan fingerprint density at radius 1 is 1.32 bits per heavy atom. The molecule has 6 nitrogen and oxygen atoms in total. The Hall–Kier alpha value is -2.51. The van der Waals surface area contributed by atoms with Gasteiger partial charge in [-0.1, -0.05) is 18.2 Å². The molecule has 2 aromatic heterocycles. The Kier molecular flexibility index (Phi) is 5.25. The summed E-state index contributed by atoms with van der Waals surface area (Å²) in [5, 5.41) is 10.3. The number of aromatic hydroxyl groups is 1. The van der Waals surface area contributed by atoms with E-state index < -0.39 is 11.4 Å². The maximum atomic E-state index is 13.1. The highest BCUT2D eigenvalue weighted by atomic mass is 32.2. The van der Waals surface area contributed by atoms with Crippen LogP contribution < -0.4 is 0 Å². The second-order valence-electron chi connectivity index (χ2n) is 5.40. The van der Waals surface area contributed by atoms with Crippen molar-refractivity contribution in [1.29, 1.82) is 0 Å². The molecule has 1 aromatic carbocycles. The number of hydrogen-bond donors (Lipinski definition) is 1. The largest absolute Gasteiger partial charge is 0.587 e. The van der Waals surface area contributed by atoms with E-state index >= 15 is 0 Å². The molecule has 130 valence electrons. The lowest BCUT2D eigenvalue weighted by Crippen LogP contribution is -2.17. The molecule has 0 saturated carbocycles. The van der Waals surface area contributed by atoms with Crippen molar-refractivity contribution < 1.29 is 19.2 Å². The molecule has 0 aliphatic rings. The summed E-state index contributed by atoms with van der Waals surface area (Å²) in [6, 6.07) is 12.4. The van der Waals surface area contributed by atoms with Gasteiger partial charge in [0.2, 0.25) is 0 Å². The summed E-state index contributed by atoms with van der Waals surface area (Å²) >= 11 is -1.51. The molecule has 1 N–H and O–H groups in total. The quantitative estimate of drug-likeness (QED) is 0.541. The van der Waals surface area contributed by atoms with E-state index in [0.717, 1.165) is 0 Å². The number of benzene rings is 1. The van der Waals surface area contributed by atoms with Crippen LogP contribution in [0.4, 0.5) is 0 Å². The second kappa shape index (κ2) is 7.58. The number of carbonyl (C=O) groups excluding carboxylic acids is 1. The van der Waals surface area contributed by atoms with Crippen molar-refractivity contribution in [3.63, 3.8) is 0 Å². The summed E-state index contributed by atoms with van der Waals surface area (Å²) in [5.41, 5.74) is 1.20. The number of aromatic nitrogens is 2. The van der Waals surface area contributed by atoms with Crippen LogP contribution >= 0.6 is 0 Å². The molecule has 3 aromatic rings. The first-order valence-corrected chi connectivity index (χ1v) is 9.03. The van der Waals surface area contributed by atoms with E-state index in [9.17, 15) is 14.5 Å². The number of ether oxygens (including phenoxy) is 1. The van der Waals surface area contributed by atoms with Gasteiger partial charge in [-0.3, -0.25) is 4.79 Å². The van der Waals surface area contributed by atoms with Gasteiger partial charge in [0.1, 0.15) is 17.1 Å². The summed E-state index contributed by atoms with van der Waals surface area (Å²) in [4.78, 5) is 16.5. The number of esters is 1. The molecule has 0 amide bonds. The molecule has 0 aliphatic carbocycles. The maximum absolute atomic E-state index is 13.1. The minimum Gasteiger partial charge on any atom is -0.587 e. The summed E-state index contributed by atoms with van der Waals surface area (Å²) in [6.07, 6.45) is 1.87. The van der Waals surface area contributed by atoms with Crippen molar-refractivity contribution in [1.82, 2.24) is 8.96 Å². The van der Waals surface area contributed by atoms with Crippen LogP contribution in [0.25, 0.3) is 11.0 Å². The van der Waals surface area contributed by atoms with Gasteiger partial charge in [0, 0.05) is 11.8 Å². The number of hydrogen-bond acceptors (Lipinski definition) is 5. The molecule has 2 heterocycles. The fraction of sp³-hybridized carbons (Fsp3) is 0.222. The highest BCUT2D eigenvalue weighted by Crippen LogP contribution is 2.27. The van der Waals surface area contributed by atoms with Gasteiger partial charge in [-0.15, -0.1) is 3.97 Å². The average molecular weight is 358 g/mol. The van der Waals surface area contributed by atoms with E-state index in [4.69, 9.17) is 4.74 Å². The summed E-state index contributed by atoms with van der Waals surface area (Å²) in [7, 11) is 0. The highest BCUT2D eigenvalue weighted by molar-refractivity contribution is 7.90. The number of pyridine rings is 1. The van der Waals surface area contributed by atoms with Crippen molar-refractivity contribution in [2.75, 3.05) is 6.61 Å². The smallest absolute Gasteiger partial charge is 0.306 e. The van der Waals surface area contributed by atoms with Crippen LogP contribution in [-0.2, 0) is 27.3 Å². The molecule has 1 atom stereocenters. The molecule has 3 rings (SSSR count). The van der Waals surface area contributed by atoms with Crippen molar-refractivity contribution in [2.24, 2.45) is 0 Å². The minimum atomic E-state index is -1.51. The van der Waals surface area contributed by atoms with Crippen molar-refractivity contribution in [2.45, 2.75) is 24.7 Å². The van der Waals surface area contributed by atoms with Crippen molar-refractivity contribution in [3.05, 3.63) is 54.4 Å². The van der Waals surface area contributed by atoms with Crippen molar-refractivity contribution >= 4 is 28.4 Å². The normalized spacial score (nSPS) is 12.2. The third kappa shape index (κ3) is 3.78. The third-order valence-corrected chi connectivity index (χ3v) is 5.07. The predicted octanol–water partition coefficient (Wildman–Crippen LogP) is 2.81. The molecule has 0 saturated heterocycles. The van der Waals surface area contributed by atoms with Gasteiger partial charge < -0.3 is 14.4 Å². The number of carbonyl (C=O) groups is 1. The first-order valence-electron chi connectivity index (χ1n) is 7.92. The first kappa shape index (κ1) is 17.3. The molecule has 0 bridgehead atoms. The lowest BCUT2D eigenvalue weighted by Gasteiger charge is -2.14. The van der Waals surface area contributed by atoms with Crippen LogP contribution in [0.3, 0.4) is 0 Å². The topological polar surface area (TPSA) is 87.4 Å². The Balaban J connectivity index is 2.01. The molecule has 0 spiro atoms. The Morgan fingerprint density at radius 2 is 2.08 bits per heavy atom. The van der Waals surface area contributed by atoms with Crippen LogP contribution in [-0.4, -0.2) is 31.2 Å². The van der Waals surface area contributed by atoms with Crippen LogP contribution in [0, 0.1) is 0 Å². The summed E-state index contributed by atoms with van der Waals surface area (Å²) in [6.45, 7) is 2.08. The molecule has 7 heteroatoms. The fourth-order valence-electron chi connectivity index (χ4n) is 2.58. The molecule has 0 radical (unpaired) electrons. The van der Waals surface area contributed by atoms with Gasteiger partial charge in [0.25, 0.3) is 0 Å². The lowest BCUT2D eigenvalue weighted by molar-refractivity contribution is -0.143. The Bertz CT molecular complexity index is 879.